The molecular weight excluding hydrogens is 440 g/mol. The number of hydrogen-bond donors (Lipinski definition) is 0. The molecule has 0 saturated carbocycles. The van der Waals surface area contributed by atoms with E-state index in [4.69, 9.17) is 14.2 Å². The quantitative estimate of drug-likeness (QED) is 0.560. The first-order valence-corrected chi connectivity index (χ1v) is 11.6. The maximum Gasteiger partial charge on any atom is 0.338 e. The first-order valence-electron chi connectivity index (χ1n) is 10.7. The second-order valence-electron chi connectivity index (χ2n) is 7.70. The summed E-state index contributed by atoms with van der Waals surface area (Å²) in [6, 6.07) is 14.6. The topological polar surface area (TPSA) is 77.4 Å². The molecule has 33 heavy (non-hydrogen) atoms. The number of amides is 1. The zero-order valence-electron chi connectivity index (χ0n) is 19.0. The van der Waals surface area contributed by atoms with Crippen LogP contribution in [-0.4, -0.2) is 41.4 Å². The van der Waals surface area contributed by atoms with Crippen LogP contribution in [0, 0.1) is 0 Å². The van der Waals surface area contributed by atoms with Gasteiger partial charge in [0.1, 0.15) is 6.61 Å². The van der Waals surface area contributed by atoms with Crippen molar-refractivity contribution in [1.82, 2.24) is 4.90 Å². The summed E-state index contributed by atoms with van der Waals surface area (Å²) in [6.45, 7) is 4.12. The lowest BCUT2D eigenvalue weighted by molar-refractivity contribution is -0.137. The molecule has 2 aliphatic heterocycles. The van der Waals surface area contributed by atoms with Gasteiger partial charge in [0.05, 0.1) is 36.8 Å². The second kappa shape index (κ2) is 9.70. The van der Waals surface area contributed by atoms with E-state index in [1.54, 1.807) is 31.1 Å². The molecule has 2 aromatic rings. The van der Waals surface area contributed by atoms with Crippen LogP contribution >= 0.6 is 11.8 Å². The molecule has 2 heterocycles. The van der Waals surface area contributed by atoms with E-state index in [1.165, 1.54) is 18.9 Å². The summed E-state index contributed by atoms with van der Waals surface area (Å²) in [4.78, 5) is 32.1. The number of esters is 1. The molecule has 172 valence electrons. The van der Waals surface area contributed by atoms with Crippen molar-refractivity contribution in [3.63, 3.8) is 0 Å². The average Bonchev–Trinajstić information content (AvgIpc) is 3.16. The fourth-order valence-corrected chi connectivity index (χ4v) is 5.12. The fraction of sp³-hybridized carbons (Fsp3) is 0.320. The van der Waals surface area contributed by atoms with E-state index in [0.29, 0.717) is 41.0 Å². The first-order chi connectivity index (χ1) is 16.0. The third-order valence-electron chi connectivity index (χ3n) is 5.67. The Morgan fingerprint density at radius 1 is 1.12 bits per heavy atom. The molecule has 0 radical (unpaired) electrons. The van der Waals surface area contributed by atoms with Crippen LogP contribution in [0.25, 0.3) is 0 Å². The van der Waals surface area contributed by atoms with Crippen LogP contribution in [0.1, 0.15) is 37.4 Å². The van der Waals surface area contributed by atoms with E-state index in [0.717, 1.165) is 11.1 Å². The van der Waals surface area contributed by atoms with Crippen LogP contribution in [-0.2, 0) is 20.9 Å². The second-order valence-corrected chi connectivity index (χ2v) is 8.87. The van der Waals surface area contributed by atoms with Gasteiger partial charge in [0.25, 0.3) is 0 Å². The highest BCUT2D eigenvalue weighted by molar-refractivity contribution is 8.15. The van der Waals surface area contributed by atoms with Gasteiger partial charge in [-0.25, -0.2) is 9.79 Å². The third-order valence-corrected chi connectivity index (χ3v) is 6.99. The molecule has 8 heteroatoms. The van der Waals surface area contributed by atoms with E-state index in [-0.39, 0.29) is 11.2 Å². The van der Waals surface area contributed by atoms with Gasteiger partial charge in [0.15, 0.2) is 16.7 Å². The highest BCUT2D eigenvalue weighted by Crippen LogP contribution is 2.45. The molecule has 0 N–H and O–H groups in total. The Kier molecular flexibility index (Phi) is 6.74. The Balaban J connectivity index is 1.72. The van der Waals surface area contributed by atoms with Crippen molar-refractivity contribution in [2.75, 3.05) is 14.2 Å². The van der Waals surface area contributed by atoms with E-state index in [9.17, 15) is 9.59 Å². The largest absolute Gasteiger partial charge is 0.493 e. The normalized spacial score (nSPS) is 19.8. The molecule has 0 bridgehead atoms. The van der Waals surface area contributed by atoms with Crippen LogP contribution < -0.4 is 9.47 Å². The standard InChI is InChI=1S/C25H26N2O5S/c1-5-20-23(28)27-22(21(24(29)31-4)15(2)26-25(27)33-20)17-11-12-18(19(13-17)30-3)32-14-16-9-7-6-8-10-16/h6-13,20,22H,5,14H2,1-4H3. The fourth-order valence-electron chi connectivity index (χ4n) is 3.98. The van der Waals surface area contributed by atoms with Gasteiger partial charge in [-0.05, 0) is 36.6 Å². The molecule has 2 aromatic carbocycles. The number of carbonyl (C=O) groups excluding carboxylic acids is 2. The van der Waals surface area contributed by atoms with Crippen molar-refractivity contribution in [3.05, 3.63) is 70.9 Å². The molecule has 1 amide bonds. The lowest BCUT2D eigenvalue weighted by Gasteiger charge is -2.33. The van der Waals surface area contributed by atoms with Gasteiger partial charge in [-0.15, -0.1) is 0 Å². The summed E-state index contributed by atoms with van der Waals surface area (Å²) < 4.78 is 16.6. The first kappa shape index (κ1) is 22.9. The summed E-state index contributed by atoms with van der Waals surface area (Å²) in [6.07, 6.45) is 0.675. The van der Waals surface area contributed by atoms with Crippen LogP contribution in [0.3, 0.4) is 0 Å². The average molecular weight is 467 g/mol. The van der Waals surface area contributed by atoms with Gasteiger partial charge in [-0.2, -0.15) is 0 Å². The molecule has 0 spiro atoms. The number of methoxy groups -OCH3 is 2. The monoisotopic (exact) mass is 466 g/mol. The van der Waals surface area contributed by atoms with Gasteiger partial charge in [0.2, 0.25) is 5.91 Å². The van der Waals surface area contributed by atoms with Gasteiger partial charge >= 0.3 is 5.97 Å². The summed E-state index contributed by atoms with van der Waals surface area (Å²) in [5.74, 6) is 0.509. The SMILES string of the molecule is CCC1SC2=NC(C)=C(C(=O)OC)C(c3ccc(OCc4ccccc4)c(OC)c3)N2C1=O. The minimum absolute atomic E-state index is 0.0662. The smallest absolute Gasteiger partial charge is 0.338 e. The van der Waals surface area contributed by atoms with Gasteiger partial charge < -0.3 is 14.2 Å². The summed E-state index contributed by atoms with van der Waals surface area (Å²) in [7, 11) is 2.89. The van der Waals surface area contributed by atoms with E-state index < -0.39 is 12.0 Å². The van der Waals surface area contributed by atoms with Crippen molar-refractivity contribution in [2.24, 2.45) is 4.99 Å². The lowest BCUT2D eigenvalue weighted by Crippen LogP contribution is -2.40. The predicted octanol–water partition coefficient (Wildman–Crippen LogP) is 4.49. The predicted molar refractivity (Wildman–Crippen MR) is 127 cm³/mol. The number of ether oxygens (including phenoxy) is 3. The molecule has 2 atom stereocenters. The number of thioether (sulfide) groups is 1. The van der Waals surface area contributed by atoms with Crippen molar-refractivity contribution in [3.8, 4) is 11.5 Å². The number of fused-ring (bicyclic) bond motifs is 1. The Hall–Kier alpha value is -3.26. The van der Waals surface area contributed by atoms with Crippen molar-refractivity contribution >= 4 is 28.8 Å². The lowest BCUT2D eigenvalue weighted by atomic mass is 9.94. The zero-order chi connectivity index (χ0) is 23.5. The number of rotatable bonds is 7. The number of nitrogens with zero attached hydrogens (tertiary/aromatic N) is 2. The Bertz CT molecular complexity index is 1130. The minimum Gasteiger partial charge on any atom is -0.493 e. The van der Waals surface area contributed by atoms with Crippen molar-refractivity contribution in [1.29, 1.82) is 0 Å². The highest BCUT2D eigenvalue weighted by Gasteiger charge is 2.47. The number of carbonyl (C=O) groups is 2. The third kappa shape index (κ3) is 4.35. The molecule has 1 saturated heterocycles. The van der Waals surface area contributed by atoms with E-state index in [1.807, 2.05) is 43.3 Å². The maximum atomic E-state index is 13.2. The van der Waals surface area contributed by atoms with Gasteiger partial charge in [-0.3, -0.25) is 9.69 Å². The maximum absolute atomic E-state index is 13.2. The number of hydrogen-bond acceptors (Lipinski definition) is 7. The molecule has 1 fully saturated rings. The van der Waals surface area contributed by atoms with Gasteiger partial charge in [0, 0.05) is 0 Å². The number of benzene rings is 2. The molecule has 2 aliphatic rings. The minimum atomic E-state index is -0.654. The van der Waals surface area contributed by atoms with Gasteiger partial charge in [-0.1, -0.05) is 55.1 Å². The molecule has 0 aromatic heterocycles. The highest BCUT2D eigenvalue weighted by atomic mass is 32.2. The van der Waals surface area contributed by atoms with Crippen LogP contribution in [0.5, 0.6) is 11.5 Å². The Morgan fingerprint density at radius 3 is 2.55 bits per heavy atom. The molecule has 4 rings (SSSR count). The zero-order valence-corrected chi connectivity index (χ0v) is 19.8. The van der Waals surface area contributed by atoms with Crippen LogP contribution in [0.2, 0.25) is 0 Å². The van der Waals surface area contributed by atoms with Crippen molar-refractivity contribution < 1.29 is 23.8 Å². The molecule has 0 aliphatic carbocycles. The number of amidine groups is 1. The summed E-state index contributed by atoms with van der Waals surface area (Å²) in [5.41, 5.74) is 2.64. The number of aliphatic imine (C=N–C) groups is 1. The van der Waals surface area contributed by atoms with E-state index in [2.05, 4.69) is 4.99 Å². The van der Waals surface area contributed by atoms with Crippen LogP contribution in [0.4, 0.5) is 0 Å². The molecule has 2 unspecified atom stereocenters. The summed E-state index contributed by atoms with van der Waals surface area (Å²) >= 11 is 1.43. The molecular formula is C25H26N2O5S. The van der Waals surface area contributed by atoms with Crippen molar-refractivity contribution in [2.45, 2.75) is 38.2 Å². The molecule has 7 nitrogen and oxygen atoms in total. The van der Waals surface area contributed by atoms with Crippen LogP contribution in [0.15, 0.2) is 64.8 Å². The summed E-state index contributed by atoms with van der Waals surface area (Å²) in [5, 5.41) is 0.372. The number of allylic oxidation sites excluding steroid dienone is 1. The Labute approximate surface area is 197 Å². The Morgan fingerprint density at radius 2 is 1.88 bits per heavy atom. The van der Waals surface area contributed by atoms with E-state index >= 15 is 0 Å².